The third-order valence-corrected chi connectivity index (χ3v) is 4.75. The Bertz CT molecular complexity index is 547. The topological polar surface area (TPSA) is 60.4 Å². The molecule has 0 atom stereocenters. The van der Waals surface area contributed by atoms with Crippen molar-refractivity contribution in [1.29, 1.82) is 0 Å². The molecular formula is C14H20O4S. The van der Waals surface area contributed by atoms with E-state index in [1.165, 1.54) is 7.11 Å². The maximum absolute atomic E-state index is 12.0. The second-order valence-electron chi connectivity index (χ2n) is 4.47. The standard InChI is InChI=1S/C14H20O4S/c1-4-19(16,17)9-5-6-13(15)12-8-7-11(2)10-14(12)18-3/h7-8,10H,4-6,9H2,1-3H3. The molecule has 1 rings (SSSR count). The Kier molecular flexibility index (Phi) is 5.54. The largest absolute Gasteiger partial charge is 0.496 e. The number of hydrogen-bond acceptors (Lipinski definition) is 4. The normalized spacial score (nSPS) is 11.3. The van der Waals surface area contributed by atoms with Crippen molar-refractivity contribution in [2.75, 3.05) is 18.6 Å². The second-order valence-corrected chi connectivity index (χ2v) is 6.94. The van der Waals surface area contributed by atoms with E-state index in [2.05, 4.69) is 0 Å². The van der Waals surface area contributed by atoms with Crippen LogP contribution in [0.15, 0.2) is 18.2 Å². The minimum Gasteiger partial charge on any atom is -0.496 e. The molecular weight excluding hydrogens is 264 g/mol. The van der Waals surface area contributed by atoms with Gasteiger partial charge in [-0.25, -0.2) is 8.42 Å². The van der Waals surface area contributed by atoms with Gasteiger partial charge >= 0.3 is 0 Å². The zero-order valence-electron chi connectivity index (χ0n) is 11.6. The Labute approximate surface area is 114 Å². The van der Waals surface area contributed by atoms with E-state index in [-0.39, 0.29) is 23.7 Å². The van der Waals surface area contributed by atoms with Gasteiger partial charge in [-0.1, -0.05) is 13.0 Å². The average Bonchev–Trinajstić information content (AvgIpc) is 2.38. The lowest BCUT2D eigenvalue weighted by molar-refractivity contribution is 0.0979. The van der Waals surface area contributed by atoms with Crippen LogP contribution in [0.5, 0.6) is 5.75 Å². The van der Waals surface area contributed by atoms with Crippen molar-refractivity contribution in [1.82, 2.24) is 0 Å². The van der Waals surface area contributed by atoms with Crippen LogP contribution in [0.1, 0.15) is 35.7 Å². The summed E-state index contributed by atoms with van der Waals surface area (Å²) in [6, 6.07) is 5.37. The fourth-order valence-electron chi connectivity index (χ4n) is 1.76. The van der Waals surface area contributed by atoms with Gasteiger partial charge in [-0.3, -0.25) is 4.79 Å². The van der Waals surface area contributed by atoms with Crippen molar-refractivity contribution in [3.63, 3.8) is 0 Å². The number of aryl methyl sites for hydroxylation is 1. The molecule has 0 saturated heterocycles. The van der Waals surface area contributed by atoms with Gasteiger partial charge in [0.2, 0.25) is 0 Å². The van der Waals surface area contributed by atoms with Gasteiger partial charge in [-0.15, -0.1) is 0 Å². The van der Waals surface area contributed by atoms with Crippen LogP contribution in [0.4, 0.5) is 0 Å². The highest BCUT2D eigenvalue weighted by Crippen LogP contribution is 2.21. The van der Waals surface area contributed by atoms with Gasteiger partial charge in [0.25, 0.3) is 0 Å². The summed E-state index contributed by atoms with van der Waals surface area (Å²) in [5.74, 6) is 0.643. The maximum atomic E-state index is 12.0. The van der Waals surface area contributed by atoms with Crippen molar-refractivity contribution in [2.24, 2.45) is 0 Å². The highest BCUT2D eigenvalue weighted by molar-refractivity contribution is 7.91. The van der Waals surface area contributed by atoms with Crippen molar-refractivity contribution >= 4 is 15.6 Å². The van der Waals surface area contributed by atoms with Crippen LogP contribution in [0.25, 0.3) is 0 Å². The monoisotopic (exact) mass is 284 g/mol. The van der Waals surface area contributed by atoms with Crippen LogP contribution in [-0.2, 0) is 9.84 Å². The smallest absolute Gasteiger partial charge is 0.166 e. The summed E-state index contributed by atoms with van der Waals surface area (Å²) in [6.07, 6.45) is 0.574. The van der Waals surface area contributed by atoms with Gasteiger partial charge in [0, 0.05) is 12.2 Å². The number of methoxy groups -OCH3 is 1. The highest BCUT2D eigenvalue weighted by atomic mass is 32.2. The first-order valence-electron chi connectivity index (χ1n) is 6.28. The Balaban J connectivity index is 2.69. The summed E-state index contributed by atoms with van der Waals surface area (Å²) in [5.41, 5.74) is 1.53. The molecule has 1 aromatic carbocycles. The number of carbonyl (C=O) groups is 1. The molecule has 0 spiro atoms. The van der Waals surface area contributed by atoms with Crippen LogP contribution in [0, 0.1) is 6.92 Å². The van der Waals surface area contributed by atoms with Gasteiger partial charge in [0.15, 0.2) is 5.78 Å². The number of Topliss-reactive ketones (excluding diaryl/α,β-unsaturated/α-hetero) is 1. The first-order valence-corrected chi connectivity index (χ1v) is 8.10. The SMILES string of the molecule is CCS(=O)(=O)CCCC(=O)c1ccc(C)cc1OC. The van der Waals surface area contributed by atoms with Crippen LogP contribution < -0.4 is 4.74 Å². The summed E-state index contributed by atoms with van der Waals surface area (Å²) in [6.45, 7) is 3.53. The number of carbonyl (C=O) groups excluding carboxylic acids is 1. The molecule has 0 amide bonds. The predicted molar refractivity (Wildman–Crippen MR) is 75.6 cm³/mol. The third-order valence-electron chi connectivity index (χ3n) is 2.96. The van der Waals surface area contributed by atoms with Crippen LogP contribution in [0.2, 0.25) is 0 Å². The van der Waals surface area contributed by atoms with E-state index < -0.39 is 9.84 Å². The van der Waals surface area contributed by atoms with E-state index >= 15 is 0 Å². The molecule has 0 heterocycles. The van der Waals surface area contributed by atoms with Gasteiger partial charge in [0.05, 0.1) is 18.4 Å². The van der Waals surface area contributed by atoms with E-state index in [4.69, 9.17) is 4.74 Å². The highest BCUT2D eigenvalue weighted by Gasteiger charge is 2.14. The Morgan fingerprint density at radius 1 is 1.32 bits per heavy atom. The zero-order valence-corrected chi connectivity index (χ0v) is 12.4. The fourth-order valence-corrected chi connectivity index (χ4v) is 2.63. The molecule has 5 heteroatoms. The molecule has 0 radical (unpaired) electrons. The number of sulfone groups is 1. The number of rotatable bonds is 7. The average molecular weight is 284 g/mol. The number of ether oxygens (including phenoxy) is 1. The molecule has 4 nitrogen and oxygen atoms in total. The summed E-state index contributed by atoms with van der Waals surface area (Å²) in [4.78, 5) is 12.0. The predicted octanol–water partition coefficient (Wildman–Crippen LogP) is 2.40. The van der Waals surface area contributed by atoms with Crippen molar-refractivity contribution < 1.29 is 17.9 Å². The van der Waals surface area contributed by atoms with Crippen LogP contribution in [-0.4, -0.2) is 32.8 Å². The summed E-state index contributed by atoms with van der Waals surface area (Å²) in [7, 11) is -1.48. The minimum atomic E-state index is -3.00. The van der Waals surface area contributed by atoms with Crippen LogP contribution in [0.3, 0.4) is 0 Å². The summed E-state index contributed by atoms with van der Waals surface area (Å²) >= 11 is 0. The van der Waals surface area contributed by atoms with Crippen LogP contribution >= 0.6 is 0 Å². The minimum absolute atomic E-state index is 0.0589. The molecule has 19 heavy (non-hydrogen) atoms. The molecule has 0 bridgehead atoms. The van der Waals surface area contributed by atoms with E-state index in [1.807, 2.05) is 13.0 Å². The molecule has 0 saturated carbocycles. The third kappa shape index (κ3) is 4.67. The lowest BCUT2D eigenvalue weighted by atomic mass is 10.0. The maximum Gasteiger partial charge on any atom is 0.166 e. The van der Waals surface area contributed by atoms with Gasteiger partial charge in [-0.2, -0.15) is 0 Å². The van der Waals surface area contributed by atoms with Crippen molar-refractivity contribution in [3.8, 4) is 5.75 Å². The molecule has 0 aliphatic carbocycles. The van der Waals surface area contributed by atoms with E-state index in [1.54, 1.807) is 19.1 Å². The summed E-state index contributed by atoms with van der Waals surface area (Å²) in [5, 5.41) is 0. The first kappa shape index (κ1) is 15.7. The first-order chi connectivity index (χ1) is 8.89. The zero-order chi connectivity index (χ0) is 14.5. The number of hydrogen-bond donors (Lipinski definition) is 0. The molecule has 0 N–H and O–H groups in total. The quantitative estimate of drug-likeness (QED) is 0.721. The number of benzene rings is 1. The fraction of sp³-hybridized carbons (Fsp3) is 0.500. The van der Waals surface area contributed by atoms with Gasteiger partial charge in [0.1, 0.15) is 15.6 Å². The van der Waals surface area contributed by atoms with E-state index in [0.717, 1.165) is 5.56 Å². The van der Waals surface area contributed by atoms with E-state index in [0.29, 0.717) is 17.7 Å². The second kappa shape index (κ2) is 6.70. The Morgan fingerprint density at radius 3 is 2.58 bits per heavy atom. The molecule has 0 fully saturated rings. The van der Waals surface area contributed by atoms with E-state index in [9.17, 15) is 13.2 Å². The van der Waals surface area contributed by atoms with Crippen molar-refractivity contribution in [3.05, 3.63) is 29.3 Å². The summed E-state index contributed by atoms with van der Waals surface area (Å²) < 4.78 is 27.9. The molecule has 0 aliphatic heterocycles. The van der Waals surface area contributed by atoms with Crippen molar-refractivity contribution in [2.45, 2.75) is 26.7 Å². The van der Waals surface area contributed by atoms with Gasteiger partial charge < -0.3 is 4.74 Å². The Morgan fingerprint density at radius 2 is 2.00 bits per heavy atom. The Hall–Kier alpha value is -1.36. The molecule has 0 aliphatic rings. The lowest BCUT2D eigenvalue weighted by Gasteiger charge is -2.08. The molecule has 0 unspecified atom stereocenters. The number of ketones is 1. The molecule has 1 aromatic rings. The van der Waals surface area contributed by atoms with Gasteiger partial charge in [-0.05, 0) is 31.0 Å². The molecule has 106 valence electrons. The molecule has 0 aromatic heterocycles. The lowest BCUT2D eigenvalue weighted by Crippen LogP contribution is -2.11.